The summed E-state index contributed by atoms with van der Waals surface area (Å²) in [5, 5.41) is 11.2. The van der Waals surface area contributed by atoms with E-state index in [0.29, 0.717) is 0 Å². The number of halogens is 1. The number of aromatic hydroxyl groups is 1. The molecule has 0 fully saturated rings. The van der Waals surface area contributed by atoms with Gasteiger partial charge in [0.15, 0.2) is 0 Å². The van der Waals surface area contributed by atoms with E-state index in [9.17, 15) is 5.11 Å². The van der Waals surface area contributed by atoms with Crippen LogP contribution >= 0.6 is 11.6 Å². The molecule has 0 amide bonds. The normalized spacial score (nSPS) is 10.9. The predicted octanol–water partition coefficient (Wildman–Crippen LogP) is 4.19. The summed E-state index contributed by atoms with van der Waals surface area (Å²) in [6.45, 7) is 0. The van der Waals surface area contributed by atoms with Gasteiger partial charge in [-0.15, -0.1) is 0 Å². The van der Waals surface area contributed by atoms with Crippen LogP contribution in [0.15, 0.2) is 48.7 Å². The minimum atomic E-state index is 0.266. The van der Waals surface area contributed by atoms with Crippen LogP contribution in [0.2, 0.25) is 5.02 Å². The van der Waals surface area contributed by atoms with Gasteiger partial charge in [-0.3, -0.25) is 0 Å². The molecule has 0 unspecified atom stereocenters. The van der Waals surface area contributed by atoms with Crippen LogP contribution in [0.25, 0.3) is 22.0 Å². The summed E-state index contributed by atoms with van der Waals surface area (Å²) >= 11 is 5.87. The molecule has 3 rings (SSSR count). The van der Waals surface area contributed by atoms with Crippen molar-refractivity contribution in [3.8, 4) is 16.9 Å². The van der Waals surface area contributed by atoms with Crippen LogP contribution in [0.4, 0.5) is 0 Å². The summed E-state index contributed by atoms with van der Waals surface area (Å²) in [6.07, 6.45) is 1.94. The third-order valence-corrected chi connectivity index (χ3v) is 3.07. The summed E-state index contributed by atoms with van der Waals surface area (Å²) in [4.78, 5) is 3.15. The summed E-state index contributed by atoms with van der Waals surface area (Å²) in [5.74, 6) is 0.266. The van der Waals surface area contributed by atoms with Gasteiger partial charge in [-0.25, -0.2) is 0 Å². The zero-order valence-electron chi connectivity index (χ0n) is 8.94. The first-order valence-electron chi connectivity index (χ1n) is 5.30. The van der Waals surface area contributed by atoms with Crippen molar-refractivity contribution in [2.75, 3.05) is 0 Å². The van der Waals surface area contributed by atoms with Crippen molar-refractivity contribution >= 4 is 22.5 Å². The Bertz CT molecular complexity index is 670. The van der Waals surface area contributed by atoms with E-state index in [1.165, 1.54) is 0 Å². The molecule has 1 aromatic heterocycles. The van der Waals surface area contributed by atoms with E-state index in [1.807, 2.05) is 36.5 Å². The van der Waals surface area contributed by atoms with E-state index < -0.39 is 0 Å². The molecule has 3 heteroatoms. The maximum Gasteiger partial charge on any atom is 0.117 e. The van der Waals surface area contributed by atoms with Crippen LogP contribution < -0.4 is 0 Å². The van der Waals surface area contributed by atoms with Crippen LogP contribution in [0.3, 0.4) is 0 Å². The monoisotopic (exact) mass is 243 g/mol. The van der Waals surface area contributed by atoms with Crippen LogP contribution in [0.1, 0.15) is 0 Å². The topological polar surface area (TPSA) is 36.0 Å². The Kier molecular flexibility index (Phi) is 2.30. The fourth-order valence-corrected chi connectivity index (χ4v) is 2.11. The second-order valence-corrected chi connectivity index (χ2v) is 4.38. The van der Waals surface area contributed by atoms with E-state index in [0.717, 1.165) is 27.1 Å². The number of fused-ring (bicyclic) bond motifs is 1. The van der Waals surface area contributed by atoms with Crippen molar-refractivity contribution in [3.05, 3.63) is 53.7 Å². The van der Waals surface area contributed by atoms with E-state index in [-0.39, 0.29) is 5.75 Å². The quantitative estimate of drug-likeness (QED) is 0.660. The fourth-order valence-electron chi connectivity index (χ4n) is 1.98. The van der Waals surface area contributed by atoms with Crippen LogP contribution in [-0.2, 0) is 0 Å². The predicted molar refractivity (Wildman–Crippen MR) is 70.4 cm³/mol. The van der Waals surface area contributed by atoms with Crippen molar-refractivity contribution in [1.29, 1.82) is 0 Å². The first-order chi connectivity index (χ1) is 8.24. The molecule has 0 saturated heterocycles. The average molecular weight is 244 g/mol. The molecule has 2 N–H and O–H groups in total. The lowest BCUT2D eigenvalue weighted by molar-refractivity contribution is 0.476. The van der Waals surface area contributed by atoms with E-state index >= 15 is 0 Å². The molecule has 84 valence electrons. The molecule has 2 aromatic carbocycles. The smallest absolute Gasteiger partial charge is 0.117 e. The van der Waals surface area contributed by atoms with Crippen molar-refractivity contribution < 1.29 is 5.11 Å². The zero-order valence-corrected chi connectivity index (χ0v) is 9.70. The molecular weight excluding hydrogens is 234 g/mol. The van der Waals surface area contributed by atoms with E-state index in [4.69, 9.17) is 11.6 Å². The molecule has 0 spiro atoms. The number of rotatable bonds is 1. The molecule has 0 aliphatic rings. The largest absolute Gasteiger partial charge is 0.508 e. The van der Waals surface area contributed by atoms with Gasteiger partial charge in [0.05, 0.1) is 0 Å². The third kappa shape index (κ3) is 1.77. The first-order valence-corrected chi connectivity index (χ1v) is 5.68. The molecule has 3 aromatic rings. The van der Waals surface area contributed by atoms with Crippen LogP contribution in [0.5, 0.6) is 5.75 Å². The number of hydrogen-bond acceptors (Lipinski definition) is 1. The summed E-state index contributed by atoms with van der Waals surface area (Å²) in [7, 11) is 0. The Morgan fingerprint density at radius 3 is 2.53 bits per heavy atom. The second-order valence-electron chi connectivity index (χ2n) is 3.94. The molecule has 0 radical (unpaired) electrons. The Morgan fingerprint density at radius 1 is 1.00 bits per heavy atom. The Hall–Kier alpha value is -1.93. The van der Waals surface area contributed by atoms with E-state index in [1.54, 1.807) is 12.1 Å². The average Bonchev–Trinajstić information content (AvgIpc) is 2.73. The third-order valence-electron chi connectivity index (χ3n) is 2.82. The molecule has 0 aliphatic carbocycles. The first kappa shape index (κ1) is 10.2. The van der Waals surface area contributed by atoms with Crippen LogP contribution in [-0.4, -0.2) is 10.1 Å². The van der Waals surface area contributed by atoms with Crippen LogP contribution in [0, 0.1) is 0 Å². The lowest BCUT2D eigenvalue weighted by Gasteiger charge is -2.00. The molecule has 17 heavy (non-hydrogen) atoms. The number of phenols is 1. The summed E-state index contributed by atoms with van der Waals surface area (Å²) < 4.78 is 0. The lowest BCUT2D eigenvalue weighted by atomic mass is 10.1. The summed E-state index contributed by atoms with van der Waals surface area (Å²) in [6, 6.07) is 13.0. The maximum atomic E-state index is 9.41. The maximum absolute atomic E-state index is 9.41. The number of phenolic OH excluding ortho intramolecular Hbond substituents is 1. The van der Waals surface area contributed by atoms with E-state index in [2.05, 4.69) is 4.98 Å². The Balaban J connectivity index is 2.21. The Labute approximate surface area is 103 Å². The standard InChI is InChI=1S/C14H10ClNO/c15-10-3-1-9(2-4-10)13-8-16-14-7-11(17)5-6-12(13)14/h1-8,16-17H. The minimum absolute atomic E-state index is 0.266. The van der Waals surface area contributed by atoms with Crippen molar-refractivity contribution in [3.63, 3.8) is 0 Å². The molecule has 0 atom stereocenters. The highest BCUT2D eigenvalue weighted by molar-refractivity contribution is 6.30. The lowest BCUT2D eigenvalue weighted by Crippen LogP contribution is -1.74. The summed E-state index contributed by atoms with van der Waals surface area (Å²) in [5.41, 5.74) is 3.14. The van der Waals surface area contributed by atoms with Crippen molar-refractivity contribution in [2.45, 2.75) is 0 Å². The number of hydrogen-bond donors (Lipinski definition) is 2. The minimum Gasteiger partial charge on any atom is -0.508 e. The molecular formula is C14H10ClNO. The molecule has 0 saturated carbocycles. The van der Waals surface area contributed by atoms with Gasteiger partial charge in [0.1, 0.15) is 5.75 Å². The van der Waals surface area contributed by atoms with Gasteiger partial charge in [-0.2, -0.15) is 0 Å². The van der Waals surface area contributed by atoms with Gasteiger partial charge in [0.25, 0.3) is 0 Å². The number of aromatic amines is 1. The highest BCUT2D eigenvalue weighted by Crippen LogP contribution is 2.30. The Morgan fingerprint density at radius 2 is 1.76 bits per heavy atom. The van der Waals surface area contributed by atoms with Gasteiger partial charge in [-0.05, 0) is 29.8 Å². The van der Waals surface area contributed by atoms with Crippen molar-refractivity contribution in [1.82, 2.24) is 4.98 Å². The van der Waals surface area contributed by atoms with Gasteiger partial charge in [-0.1, -0.05) is 23.7 Å². The zero-order chi connectivity index (χ0) is 11.8. The highest BCUT2D eigenvalue weighted by atomic mass is 35.5. The molecule has 2 nitrogen and oxygen atoms in total. The fraction of sp³-hybridized carbons (Fsp3) is 0. The number of benzene rings is 2. The van der Waals surface area contributed by atoms with Crippen molar-refractivity contribution in [2.24, 2.45) is 0 Å². The van der Waals surface area contributed by atoms with Gasteiger partial charge >= 0.3 is 0 Å². The molecule has 1 heterocycles. The number of H-pyrrole nitrogens is 1. The van der Waals surface area contributed by atoms with Gasteiger partial charge in [0, 0.05) is 33.8 Å². The van der Waals surface area contributed by atoms with Gasteiger partial charge < -0.3 is 10.1 Å². The number of aromatic nitrogens is 1. The number of nitrogens with one attached hydrogen (secondary N) is 1. The molecule has 0 aliphatic heterocycles. The highest BCUT2D eigenvalue weighted by Gasteiger charge is 2.06. The molecule has 0 bridgehead atoms. The van der Waals surface area contributed by atoms with Gasteiger partial charge in [0.2, 0.25) is 0 Å². The second kappa shape index (κ2) is 3.82. The SMILES string of the molecule is Oc1ccc2c(-c3ccc(Cl)cc3)c[nH]c2c1.